The van der Waals surface area contributed by atoms with Crippen LogP contribution in [-0.4, -0.2) is 0 Å². The molecule has 126 valence electrons. The van der Waals surface area contributed by atoms with Crippen molar-refractivity contribution >= 4 is 6.08 Å². The maximum Gasteiger partial charge on any atom is 0.162 e. The second-order valence-electron chi connectivity index (χ2n) is 5.75. The zero-order valence-corrected chi connectivity index (χ0v) is 14.4. The van der Waals surface area contributed by atoms with Crippen LogP contribution >= 0.6 is 0 Å². The van der Waals surface area contributed by atoms with Crippen LogP contribution in [-0.2, 0) is 13.2 Å². The van der Waals surface area contributed by atoms with Crippen LogP contribution in [0.1, 0.15) is 23.6 Å². The van der Waals surface area contributed by atoms with Crippen LogP contribution in [0.2, 0.25) is 0 Å². The van der Waals surface area contributed by atoms with Gasteiger partial charge in [-0.1, -0.05) is 78.9 Å². The van der Waals surface area contributed by atoms with Crippen LogP contribution in [0.25, 0.3) is 6.08 Å². The molecule has 0 heterocycles. The van der Waals surface area contributed by atoms with Gasteiger partial charge in [0.25, 0.3) is 0 Å². The maximum atomic E-state index is 6.04. The van der Waals surface area contributed by atoms with Crippen LogP contribution < -0.4 is 9.47 Å². The average molecular weight is 330 g/mol. The van der Waals surface area contributed by atoms with Gasteiger partial charge in [0.15, 0.2) is 11.5 Å². The maximum absolute atomic E-state index is 6.04. The fourth-order valence-corrected chi connectivity index (χ4v) is 2.52. The number of allylic oxidation sites excluding steroid dienone is 1. The standard InChI is InChI=1S/C23H22O2/c1-2-9-19-14-15-22(24-17-20-10-5-3-6-11-20)23(16-19)25-18-21-12-7-4-8-13-21/h2-16H,17-18H2,1H3. The minimum absolute atomic E-state index is 0.516. The third kappa shape index (κ3) is 4.98. The first-order valence-corrected chi connectivity index (χ1v) is 8.45. The van der Waals surface area contributed by atoms with Crippen LogP contribution in [0.4, 0.5) is 0 Å². The fraction of sp³-hybridized carbons (Fsp3) is 0.130. The lowest BCUT2D eigenvalue weighted by atomic mass is 10.2. The van der Waals surface area contributed by atoms with E-state index in [1.54, 1.807) is 0 Å². The predicted octanol–water partition coefficient (Wildman–Crippen LogP) is 5.88. The molecule has 0 atom stereocenters. The van der Waals surface area contributed by atoms with Gasteiger partial charge in [-0.25, -0.2) is 0 Å². The molecule has 0 amide bonds. The van der Waals surface area contributed by atoms with E-state index in [1.807, 2.05) is 67.6 Å². The quantitative estimate of drug-likeness (QED) is 0.539. The van der Waals surface area contributed by atoms with E-state index in [1.165, 1.54) is 0 Å². The highest BCUT2D eigenvalue weighted by Gasteiger charge is 2.07. The molecule has 0 unspecified atom stereocenters. The van der Waals surface area contributed by atoms with E-state index in [2.05, 4.69) is 30.3 Å². The van der Waals surface area contributed by atoms with E-state index >= 15 is 0 Å². The number of hydrogen-bond acceptors (Lipinski definition) is 2. The smallest absolute Gasteiger partial charge is 0.162 e. The van der Waals surface area contributed by atoms with Crippen molar-refractivity contribution < 1.29 is 9.47 Å². The highest BCUT2D eigenvalue weighted by Crippen LogP contribution is 2.30. The SMILES string of the molecule is CC=Cc1ccc(OCc2ccccc2)c(OCc2ccccc2)c1. The van der Waals surface area contributed by atoms with Gasteiger partial charge in [0, 0.05) is 0 Å². The number of rotatable bonds is 7. The van der Waals surface area contributed by atoms with Crippen LogP contribution in [0.5, 0.6) is 11.5 Å². The van der Waals surface area contributed by atoms with Crippen molar-refractivity contribution in [3.63, 3.8) is 0 Å². The summed E-state index contributed by atoms with van der Waals surface area (Å²) in [5.41, 5.74) is 3.36. The van der Waals surface area contributed by atoms with Gasteiger partial charge in [-0.3, -0.25) is 0 Å². The monoisotopic (exact) mass is 330 g/mol. The minimum atomic E-state index is 0.516. The van der Waals surface area contributed by atoms with E-state index in [0.29, 0.717) is 13.2 Å². The summed E-state index contributed by atoms with van der Waals surface area (Å²) < 4.78 is 12.0. The van der Waals surface area contributed by atoms with Crippen molar-refractivity contribution in [1.29, 1.82) is 0 Å². The third-order valence-electron chi connectivity index (χ3n) is 3.80. The Bertz CT molecular complexity index is 808. The van der Waals surface area contributed by atoms with Crippen LogP contribution in [0.15, 0.2) is 84.9 Å². The molecule has 0 bridgehead atoms. The van der Waals surface area contributed by atoms with Gasteiger partial charge in [0.05, 0.1) is 0 Å². The van der Waals surface area contributed by atoms with Gasteiger partial charge >= 0.3 is 0 Å². The molecule has 3 aromatic carbocycles. The summed E-state index contributed by atoms with van der Waals surface area (Å²) in [6.07, 6.45) is 4.07. The van der Waals surface area contributed by atoms with E-state index in [9.17, 15) is 0 Å². The molecular weight excluding hydrogens is 308 g/mol. The van der Waals surface area contributed by atoms with Gasteiger partial charge in [-0.05, 0) is 35.7 Å². The highest BCUT2D eigenvalue weighted by molar-refractivity contribution is 5.55. The molecule has 0 radical (unpaired) electrons. The van der Waals surface area contributed by atoms with Crippen molar-refractivity contribution in [3.8, 4) is 11.5 Å². The van der Waals surface area contributed by atoms with Gasteiger partial charge in [0.1, 0.15) is 13.2 Å². The molecule has 0 aliphatic heterocycles. The van der Waals surface area contributed by atoms with Gasteiger partial charge in [0.2, 0.25) is 0 Å². The van der Waals surface area contributed by atoms with Crippen molar-refractivity contribution in [2.45, 2.75) is 20.1 Å². The number of benzene rings is 3. The van der Waals surface area contributed by atoms with Crippen molar-refractivity contribution in [1.82, 2.24) is 0 Å². The van der Waals surface area contributed by atoms with Gasteiger partial charge < -0.3 is 9.47 Å². The molecule has 2 heteroatoms. The molecule has 25 heavy (non-hydrogen) atoms. The molecular formula is C23H22O2. The summed E-state index contributed by atoms with van der Waals surface area (Å²) >= 11 is 0. The Balaban J connectivity index is 1.76. The molecule has 3 aromatic rings. The van der Waals surface area contributed by atoms with Crippen LogP contribution in [0, 0.1) is 0 Å². The second-order valence-corrected chi connectivity index (χ2v) is 5.75. The summed E-state index contributed by atoms with van der Waals surface area (Å²) in [6.45, 7) is 3.04. The number of hydrogen-bond donors (Lipinski definition) is 0. The van der Waals surface area contributed by atoms with Crippen molar-refractivity contribution in [2.75, 3.05) is 0 Å². The molecule has 0 aliphatic carbocycles. The Hall–Kier alpha value is -3.00. The lowest BCUT2D eigenvalue weighted by molar-refractivity contribution is 0.256. The van der Waals surface area contributed by atoms with Gasteiger partial charge in [-0.2, -0.15) is 0 Å². The van der Waals surface area contributed by atoms with Crippen molar-refractivity contribution in [3.05, 3.63) is 102 Å². The molecule has 0 saturated heterocycles. The Morgan fingerprint density at radius 2 is 1.24 bits per heavy atom. The highest BCUT2D eigenvalue weighted by atomic mass is 16.5. The molecule has 3 rings (SSSR count). The van der Waals surface area contributed by atoms with E-state index < -0.39 is 0 Å². The van der Waals surface area contributed by atoms with Crippen LogP contribution in [0.3, 0.4) is 0 Å². The summed E-state index contributed by atoms with van der Waals surface area (Å²) in [4.78, 5) is 0. The molecule has 2 nitrogen and oxygen atoms in total. The van der Waals surface area contributed by atoms with E-state index in [-0.39, 0.29) is 0 Å². The normalized spacial score (nSPS) is 10.8. The summed E-state index contributed by atoms with van der Waals surface area (Å²) in [5, 5.41) is 0. The van der Waals surface area contributed by atoms with E-state index in [0.717, 1.165) is 28.2 Å². The molecule has 0 saturated carbocycles. The summed E-state index contributed by atoms with van der Waals surface area (Å²) in [6, 6.07) is 26.3. The largest absolute Gasteiger partial charge is 0.485 e. The first kappa shape index (κ1) is 16.8. The Kier molecular flexibility index (Phi) is 5.89. The fourth-order valence-electron chi connectivity index (χ4n) is 2.52. The predicted molar refractivity (Wildman–Crippen MR) is 103 cm³/mol. The lowest BCUT2D eigenvalue weighted by Gasteiger charge is -2.14. The number of ether oxygens (including phenoxy) is 2. The Labute approximate surface area is 149 Å². The zero-order valence-electron chi connectivity index (χ0n) is 14.4. The third-order valence-corrected chi connectivity index (χ3v) is 3.80. The Morgan fingerprint density at radius 3 is 1.80 bits per heavy atom. The minimum Gasteiger partial charge on any atom is -0.485 e. The molecule has 0 fully saturated rings. The topological polar surface area (TPSA) is 18.5 Å². The second kappa shape index (κ2) is 8.74. The molecule has 0 spiro atoms. The van der Waals surface area contributed by atoms with Crippen molar-refractivity contribution in [2.24, 2.45) is 0 Å². The molecule has 0 aliphatic rings. The zero-order chi connectivity index (χ0) is 17.3. The lowest BCUT2D eigenvalue weighted by Crippen LogP contribution is -2.00. The van der Waals surface area contributed by atoms with Gasteiger partial charge in [-0.15, -0.1) is 0 Å². The summed E-state index contributed by atoms with van der Waals surface area (Å²) in [7, 11) is 0. The average Bonchev–Trinajstić information content (AvgIpc) is 2.67. The molecule has 0 aromatic heterocycles. The molecule has 0 N–H and O–H groups in total. The summed E-state index contributed by atoms with van der Waals surface area (Å²) in [5.74, 6) is 1.52. The van der Waals surface area contributed by atoms with E-state index in [4.69, 9.17) is 9.47 Å². The first-order chi connectivity index (χ1) is 12.3. The first-order valence-electron chi connectivity index (χ1n) is 8.45. The Morgan fingerprint density at radius 1 is 0.680 bits per heavy atom.